The number of carbonyl (C=O) groups excluding carboxylic acids is 2. The van der Waals surface area contributed by atoms with Gasteiger partial charge >= 0.3 is 0 Å². The van der Waals surface area contributed by atoms with Crippen molar-refractivity contribution in [3.05, 3.63) is 60.2 Å². The number of hydrogen-bond acceptors (Lipinski definition) is 4. The third-order valence-electron chi connectivity index (χ3n) is 2.51. The van der Waals surface area contributed by atoms with Crippen LogP contribution in [0.5, 0.6) is 5.75 Å². The van der Waals surface area contributed by atoms with Crippen molar-refractivity contribution < 1.29 is 14.7 Å². The Balaban J connectivity index is 1.87. The van der Waals surface area contributed by atoms with Gasteiger partial charge < -0.3 is 5.11 Å². The van der Waals surface area contributed by atoms with Gasteiger partial charge in [-0.3, -0.25) is 14.9 Å². The summed E-state index contributed by atoms with van der Waals surface area (Å²) in [5.74, 6) is -0.629. The predicted octanol–water partition coefficient (Wildman–Crippen LogP) is 2.44. The highest BCUT2D eigenvalue weighted by Crippen LogP contribution is 2.27. The third-order valence-corrected chi connectivity index (χ3v) is 3.58. The molecule has 0 radical (unpaired) electrons. The largest absolute Gasteiger partial charge is 0.507 e. The summed E-state index contributed by atoms with van der Waals surface area (Å²) in [6.07, 6.45) is 0. The van der Waals surface area contributed by atoms with Crippen LogP contribution < -0.4 is 5.32 Å². The van der Waals surface area contributed by atoms with E-state index in [2.05, 4.69) is 5.32 Å². The molecule has 0 unspecified atom stereocenters. The van der Waals surface area contributed by atoms with Crippen molar-refractivity contribution in [1.82, 2.24) is 5.32 Å². The van der Waals surface area contributed by atoms with Crippen molar-refractivity contribution in [3.8, 4) is 5.75 Å². The van der Waals surface area contributed by atoms with E-state index in [1.807, 2.05) is 0 Å². The van der Waals surface area contributed by atoms with Gasteiger partial charge in [-0.05, 0) is 24.3 Å². The minimum atomic E-state index is -0.423. The number of nitrogens with one attached hydrogen (secondary N) is 1. The Hall–Kier alpha value is -2.27. The summed E-state index contributed by atoms with van der Waals surface area (Å²) in [6, 6.07) is 15.3. The summed E-state index contributed by atoms with van der Waals surface area (Å²) in [6.45, 7) is 0. The number of hydrogen-bond donors (Lipinski definition) is 2. The van der Waals surface area contributed by atoms with Crippen LogP contribution in [0.15, 0.2) is 59.5 Å². The number of thioether (sulfide) groups is 1. The summed E-state index contributed by atoms with van der Waals surface area (Å²) in [5, 5.41) is 11.9. The van der Waals surface area contributed by atoms with Gasteiger partial charge in [0.05, 0.1) is 5.75 Å². The molecule has 2 rings (SSSR count). The summed E-state index contributed by atoms with van der Waals surface area (Å²) >= 11 is 1.18. The second-order valence-corrected chi connectivity index (χ2v) is 5.02. The molecule has 0 saturated carbocycles. The molecule has 0 spiro atoms. The van der Waals surface area contributed by atoms with Crippen LogP contribution in [-0.2, 0) is 4.79 Å². The highest BCUT2D eigenvalue weighted by atomic mass is 32.2. The first-order chi connectivity index (χ1) is 9.66. The molecular formula is C15H13NO3S. The van der Waals surface area contributed by atoms with Gasteiger partial charge in [0.25, 0.3) is 5.91 Å². The number of imide groups is 1. The van der Waals surface area contributed by atoms with Crippen molar-refractivity contribution in [2.45, 2.75) is 4.90 Å². The van der Waals surface area contributed by atoms with Gasteiger partial charge in [-0.2, -0.15) is 0 Å². The summed E-state index contributed by atoms with van der Waals surface area (Å²) in [4.78, 5) is 24.0. The van der Waals surface area contributed by atoms with Crippen LogP contribution in [0, 0.1) is 0 Å². The predicted molar refractivity (Wildman–Crippen MR) is 77.7 cm³/mol. The molecule has 0 aliphatic heterocycles. The molecule has 2 aromatic rings. The zero-order valence-electron chi connectivity index (χ0n) is 10.6. The monoisotopic (exact) mass is 287 g/mol. The normalized spacial score (nSPS) is 10.0. The van der Waals surface area contributed by atoms with Crippen molar-refractivity contribution >= 4 is 23.6 Å². The van der Waals surface area contributed by atoms with Crippen LogP contribution in [0.4, 0.5) is 0 Å². The van der Waals surface area contributed by atoms with E-state index >= 15 is 0 Å². The van der Waals surface area contributed by atoms with Crippen LogP contribution >= 0.6 is 11.8 Å². The first-order valence-electron chi connectivity index (χ1n) is 5.97. The molecule has 4 nitrogen and oxygen atoms in total. The van der Waals surface area contributed by atoms with Gasteiger partial charge in [-0.15, -0.1) is 11.8 Å². The topological polar surface area (TPSA) is 66.4 Å². The highest BCUT2D eigenvalue weighted by Gasteiger charge is 2.11. The van der Waals surface area contributed by atoms with E-state index in [1.165, 1.54) is 11.8 Å². The Labute approximate surface area is 120 Å². The quantitative estimate of drug-likeness (QED) is 0.848. The van der Waals surface area contributed by atoms with Gasteiger partial charge in [0.2, 0.25) is 5.91 Å². The number of benzene rings is 2. The number of amides is 2. The van der Waals surface area contributed by atoms with Crippen LogP contribution in [-0.4, -0.2) is 22.7 Å². The van der Waals surface area contributed by atoms with E-state index < -0.39 is 11.8 Å². The molecule has 0 aliphatic rings. The van der Waals surface area contributed by atoms with Gasteiger partial charge in [0.1, 0.15) is 5.75 Å². The lowest BCUT2D eigenvalue weighted by molar-refractivity contribution is -0.117. The highest BCUT2D eigenvalue weighted by molar-refractivity contribution is 8.00. The molecule has 0 aromatic heterocycles. The van der Waals surface area contributed by atoms with E-state index in [0.29, 0.717) is 10.5 Å². The van der Waals surface area contributed by atoms with Gasteiger partial charge in [0.15, 0.2) is 0 Å². The molecule has 0 atom stereocenters. The average Bonchev–Trinajstić information content (AvgIpc) is 2.47. The minimum absolute atomic E-state index is 0.0656. The number of phenolic OH excluding ortho intramolecular Hbond substituents is 1. The molecule has 0 saturated heterocycles. The second kappa shape index (κ2) is 6.77. The zero-order valence-corrected chi connectivity index (χ0v) is 11.4. The number of phenols is 1. The van der Waals surface area contributed by atoms with E-state index in [-0.39, 0.29) is 11.5 Å². The number of rotatable bonds is 4. The maximum absolute atomic E-state index is 11.7. The lowest BCUT2D eigenvalue weighted by Crippen LogP contribution is -2.31. The minimum Gasteiger partial charge on any atom is -0.507 e. The number of aromatic hydroxyl groups is 1. The van der Waals surface area contributed by atoms with Crippen LogP contribution in [0.2, 0.25) is 0 Å². The number of para-hydroxylation sites is 1. The molecule has 0 heterocycles. The fourth-order valence-electron chi connectivity index (χ4n) is 1.55. The molecular weight excluding hydrogens is 274 g/mol. The summed E-state index contributed by atoms with van der Waals surface area (Å²) in [5.41, 5.74) is 0.438. The molecule has 0 aliphatic carbocycles. The third kappa shape index (κ3) is 3.86. The van der Waals surface area contributed by atoms with Crippen LogP contribution in [0.1, 0.15) is 10.4 Å². The Morgan fingerprint density at radius 3 is 2.35 bits per heavy atom. The molecule has 0 bridgehead atoms. The SMILES string of the molecule is O=C(CSc1ccccc1O)NC(=O)c1ccccc1. The van der Waals surface area contributed by atoms with E-state index in [1.54, 1.807) is 54.6 Å². The Bertz CT molecular complexity index is 614. The van der Waals surface area contributed by atoms with Crippen molar-refractivity contribution in [3.63, 3.8) is 0 Å². The van der Waals surface area contributed by atoms with Gasteiger partial charge in [-0.1, -0.05) is 30.3 Å². The molecule has 2 aromatic carbocycles. The fraction of sp³-hybridized carbons (Fsp3) is 0.0667. The van der Waals surface area contributed by atoms with Crippen molar-refractivity contribution in [2.24, 2.45) is 0 Å². The first-order valence-corrected chi connectivity index (χ1v) is 6.95. The molecule has 20 heavy (non-hydrogen) atoms. The van der Waals surface area contributed by atoms with E-state index in [9.17, 15) is 14.7 Å². The van der Waals surface area contributed by atoms with Crippen LogP contribution in [0.3, 0.4) is 0 Å². The molecule has 102 valence electrons. The fourth-order valence-corrected chi connectivity index (χ4v) is 2.30. The summed E-state index contributed by atoms with van der Waals surface area (Å²) < 4.78 is 0. The summed E-state index contributed by atoms with van der Waals surface area (Å²) in [7, 11) is 0. The standard InChI is InChI=1S/C15H13NO3S/c17-12-8-4-5-9-13(12)20-10-14(18)16-15(19)11-6-2-1-3-7-11/h1-9,17H,10H2,(H,16,18,19). The Morgan fingerprint density at radius 1 is 1.00 bits per heavy atom. The molecule has 2 amide bonds. The van der Waals surface area contributed by atoms with Crippen molar-refractivity contribution in [2.75, 3.05) is 5.75 Å². The lowest BCUT2D eigenvalue weighted by Gasteiger charge is -2.05. The second-order valence-electron chi connectivity index (χ2n) is 4.00. The van der Waals surface area contributed by atoms with Gasteiger partial charge in [0, 0.05) is 10.5 Å². The van der Waals surface area contributed by atoms with E-state index in [0.717, 1.165) is 0 Å². The number of carbonyl (C=O) groups is 2. The van der Waals surface area contributed by atoms with Crippen LogP contribution in [0.25, 0.3) is 0 Å². The lowest BCUT2D eigenvalue weighted by atomic mass is 10.2. The van der Waals surface area contributed by atoms with Gasteiger partial charge in [-0.25, -0.2) is 0 Å². The molecule has 2 N–H and O–H groups in total. The Morgan fingerprint density at radius 2 is 1.65 bits per heavy atom. The average molecular weight is 287 g/mol. The zero-order chi connectivity index (χ0) is 14.4. The molecule has 0 fully saturated rings. The molecule has 5 heteroatoms. The Kier molecular flexibility index (Phi) is 4.79. The van der Waals surface area contributed by atoms with E-state index in [4.69, 9.17) is 0 Å². The van der Waals surface area contributed by atoms with Crippen molar-refractivity contribution in [1.29, 1.82) is 0 Å². The maximum Gasteiger partial charge on any atom is 0.257 e. The first kappa shape index (κ1) is 14.1. The maximum atomic E-state index is 11.7. The smallest absolute Gasteiger partial charge is 0.257 e.